The first kappa shape index (κ1) is 35.4. The van der Waals surface area contributed by atoms with E-state index in [1.807, 2.05) is 62.3 Å². The van der Waals surface area contributed by atoms with Crippen molar-refractivity contribution in [2.24, 2.45) is 51.8 Å². The highest BCUT2D eigenvalue weighted by Crippen LogP contribution is 2.41. The van der Waals surface area contributed by atoms with E-state index < -0.39 is 17.9 Å². The number of carbonyl (C=O) groups is 3. The van der Waals surface area contributed by atoms with Crippen molar-refractivity contribution >= 4 is 17.9 Å². The van der Waals surface area contributed by atoms with Crippen LogP contribution < -0.4 is 0 Å². The smallest absolute Gasteiger partial charge is 0.307 e. The molecule has 0 aromatic rings. The molecule has 0 aliphatic heterocycles. The zero-order valence-corrected chi connectivity index (χ0v) is 26.5. The van der Waals surface area contributed by atoms with Crippen molar-refractivity contribution in [3.8, 4) is 0 Å². The van der Waals surface area contributed by atoms with Crippen molar-refractivity contribution in [1.82, 2.24) is 0 Å². The molecule has 0 heterocycles. The highest BCUT2D eigenvalue weighted by atomic mass is 16.4. The molecular weight excluding hydrogens is 492 g/mol. The normalized spacial score (nSPS) is 20.8. The minimum absolute atomic E-state index is 0.0889. The molecule has 0 spiro atoms. The third kappa shape index (κ3) is 13.5. The van der Waals surface area contributed by atoms with Gasteiger partial charge in [0.2, 0.25) is 0 Å². The molecule has 3 saturated carbocycles. The van der Waals surface area contributed by atoms with E-state index in [1.165, 1.54) is 57.8 Å². The van der Waals surface area contributed by atoms with Gasteiger partial charge in [0.05, 0.1) is 17.8 Å². The van der Waals surface area contributed by atoms with Gasteiger partial charge in [-0.1, -0.05) is 120 Å². The van der Waals surface area contributed by atoms with Gasteiger partial charge in [0.25, 0.3) is 0 Å². The molecule has 0 bridgehead atoms. The van der Waals surface area contributed by atoms with Gasteiger partial charge in [-0.3, -0.25) is 14.4 Å². The summed E-state index contributed by atoms with van der Waals surface area (Å²) in [6.45, 7) is 18.2. The van der Waals surface area contributed by atoms with Crippen molar-refractivity contribution in [1.29, 1.82) is 0 Å². The summed E-state index contributed by atoms with van der Waals surface area (Å²) in [6, 6.07) is 0. The molecule has 0 radical (unpaired) electrons. The summed E-state index contributed by atoms with van der Waals surface area (Å²) in [6.07, 6.45) is 13.9. The fraction of sp³-hybridized carbons (Fsp3) is 0.909. The number of hydrogen-bond acceptors (Lipinski definition) is 3. The van der Waals surface area contributed by atoms with E-state index in [4.69, 9.17) is 15.3 Å². The highest BCUT2D eigenvalue weighted by molar-refractivity contribution is 5.71. The first-order valence-corrected chi connectivity index (χ1v) is 15.4. The Morgan fingerprint density at radius 3 is 0.872 bits per heavy atom. The average molecular weight is 553 g/mol. The number of rotatable bonds is 9. The molecule has 6 heteroatoms. The van der Waals surface area contributed by atoms with Gasteiger partial charge in [0, 0.05) is 0 Å². The second-order valence-electron chi connectivity index (χ2n) is 15.9. The quantitative estimate of drug-likeness (QED) is 0.263. The second-order valence-corrected chi connectivity index (χ2v) is 15.9. The summed E-state index contributed by atoms with van der Waals surface area (Å²) >= 11 is 0. The molecule has 0 saturated heterocycles. The summed E-state index contributed by atoms with van der Waals surface area (Å²) in [4.78, 5) is 33.1. The van der Waals surface area contributed by atoms with E-state index in [0.29, 0.717) is 17.8 Å². The van der Waals surface area contributed by atoms with Crippen molar-refractivity contribution in [3.05, 3.63) is 0 Å². The van der Waals surface area contributed by atoms with Gasteiger partial charge in [0.15, 0.2) is 0 Å². The van der Waals surface area contributed by atoms with Crippen LogP contribution in [0, 0.1) is 51.8 Å². The monoisotopic (exact) mass is 552 g/mol. The van der Waals surface area contributed by atoms with E-state index in [2.05, 4.69) is 0 Å². The predicted molar refractivity (Wildman–Crippen MR) is 158 cm³/mol. The molecule has 228 valence electrons. The van der Waals surface area contributed by atoms with Crippen LogP contribution in [-0.4, -0.2) is 33.2 Å². The number of carboxylic acid groups (broad SMARTS) is 3. The van der Waals surface area contributed by atoms with Gasteiger partial charge in [0.1, 0.15) is 0 Å². The maximum atomic E-state index is 11.1. The molecule has 0 aromatic heterocycles. The van der Waals surface area contributed by atoms with Crippen LogP contribution in [0.3, 0.4) is 0 Å². The Morgan fingerprint density at radius 1 is 0.487 bits per heavy atom. The molecule has 0 amide bonds. The van der Waals surface area contributed by atoms with Crippen molar-refractivity contribution in [2.45, 2.75) is 139 Å². The van der Waals surface area contributed by atoms with Crippen LogP contribution >= 0.6 is 0 Å². The third-order valence-corrected chi connectivity index (χ3v) is 9.13. The molecule has 3 rings (SSSR count). The maximum absolute atomic E-state index is 11.1. The van der Waals surface area contributed by atoms with Crippen LogP contribution in [-0.2, 0) is 14.4 Å². The molecule has 3 atom stereocenters. The van der Waals surface area contributed by atoms with E-state index >= 15 is 0 Å². The van der Waals surface area contributed by atoms with E-state index in [1.54, 1.807) is 0 Å². The minimum atomic E-state index is -0.630. The van der Waals surface area contributed by atoms with Crippen LogP contribution in [0.25, 0.3) is 0 Å². The zero-order chi connectivity index (χ0) is 30.2. The zero-order valence-electron chi connectivity index (χ0n) is 26.5. The summed E-state index contributed by atoms with van der Waals surface area (Å²) in [7, 11) is 0. The lowest BCUT2D eigenvalue weighted by Crippen LogP contribution is -2.31. The maximum Gasteiger partial charge on any atom is 0.307 e. The van der Waals surface area contributed by atoms with Gasteiger partial charge in [-0.2, -0.15) is 0 Å². The van der Waals surface area contributed by atoms with Crippen molar-refractivity contribution < 1.29 is 29.7 Å². The lowest BCUT2D eigenvalue weighted by molar-refractivity contribution is -0.147. The largest absolute Gasteiger partial charge is 0.481 e. The van der Waals surface area contributed by atoms with Gasteiger partial charge in [-0.15, -0.1) is 0 Å². The molecule has 3 N–H and O–H groups in total. The number of aliphatic carboxylic acids is 3. The van der Waals surface area contributed by atoms with Crippen LogP contribution in [0.2, 0.25) is 0 Å². The van der Waals surface area contributed by atoms with Crippen molar-refractivity contribution in [3.63, 3.8) is 0 Å². The summed E-state index contributed by atoms with van der Waals surface area (Å²) in [5.41, 5.74) is -0.287. The Morgan fingerprint density at radius 2 is 0.718 bits per heavy atom. The fourth-order valence-electron chi connectivity index (χ4n) is 5.80. The van der Waals surface area contributed by atoms with Crippen LogP contribution in [0.4, 0.5) is 0 Å². The molecule has 3 aliphatic carbocycles. The molecule has 0 aromatic carbocycles. The number of carboxylic acids is 3. The van der Waals surface area contributed by atoms with E-state index in [0.717, 1.165) is 19.3 Å². The van der Waals surface area contributed by atoms with Gasteiger partial charge in [-0.05, 0) is 53.3 Å². The van der Waals surface area contributed by atoms with Gasteiger partial charge < -0.3 is 15.3 Å². The molecule has 39 heavy (non-hydrogen) atoms. The summed E-state index contributed by atoms with van der Waals surface area (Å²) < 4.78 is 0. The molecular formula is C33H60O6. The Labute approximate surface area is 238 Å². The Hall–Kier alpha value is -1.59. The van der Waals surface area contributed by atoms with Gasteiger partial charge in [-0.25, -0.2) is 0 Å². The Kier molecular flexibility index (Phi) is 13.5. The lowest BCUT2D eigenvalue weighted by Gasteiger charge is -2.34. The molecule has 3 aliphatic rings. The second kappa shape index (κ2) is 14.9. The summed E-state index contributed by atoms with van der Waals surface area (Å²) in [5.74, 6) is -0.340. The molecule has 6 nitrogen and oxygen atoms in total. The molecule has 3 fully saturated rings. The van der Waals surface area contributed by atoms with Crippen LogP contribution in [0.15, 0.2) is 0 Å². The first-order valence-electron chi connectivity index (χ1n) is 15.4. The number of hydrogen-bond donors (Lipinski definition) is 3. The topological polar surface area (TPSA) is 112 Å². The lowest BCUT2D eigenvalue weighted by atomic mass is 9.71. The van der Waals surface area contributed by atoms with E-state index in [9.17, 15) is 14.4 Å². The Bertz CT molecular complexity index is 767. The molecule has 3 unspecified atom stereocenters. The minimum Gasteiger partial charge on any atom is -0.481 e. The Balaban J connectivity index is 0.000000293. The van der Waals surface area contributed by atoms with Crippen LogP contribution in [0.5, 0.6) is 0 Å². The average Bonchev–Trinajstić information content (AvgIpc) is 3.39. The van der Waals surface area contributed by atoms with Gasteiger partial charge >= 0.3 is 17.9 Å². The standard InChI is InChI=1S/C12H22O2.C11H20O2.C10H18O2/c1-12(2,3)10(11(13)14)8-9-6-4-5-7-9;1-11(2,3)9(10(12)13)7-8-5-4-6-8;1-10(2,3)8(9(11)12)6-7-4-5-7/h9-10H,4-8H2,1-3H3,(H,13,14);8-9H,4-7H2,1-3H3,(H,12,13);7-8H,4-6H2,1-3H3,(H,11,12). The first-order chi connectivity index (χ1) is 17.7. The SMILES string of the molecule is CC(C)(C)C(CC1CC1)C(=O)O.CC(C)(C)C(CC1CCC1)C(=O)O.CC(C)(C)C(CC1CCCC1)C(=O)O. The predicted octanol–water partition coefficient (Wildman–Crippen LogP) is 8.77. The van der Waals surface area contributed by atoms with E-state index in [-0.39, 0.29) is 34.0 Å². The fourth-order valence-corrected chi connectivity index (χ4v) is 5.80. The van der Waals surface area contributed by atoms with Crippen molar-refractivity contribution in [2.75, 3.05) is 0 Å². The summed E-state index contributed by atoms with van der Waals surface area (Å²) in [5, 5.41) is 27.2. The third-order valence-electron chi connectivity index (χ3n) is 9.13. The highest BCUT2D eigenvalue weighted by Gasteiger charge is 2.37. The van der Waals surface area contributed by atoms with Crippen LogP contribution in [0.1, 0.15) is 139 Å².